The Morgan fingerprint density at radius 3 is 2.53 bits per heavy atom. The Labute approximate surface area is 185 Å². The van der Waals surface area contributed by atoms with E-state index >= 15 is 0 Å². The summed E-state index contributed by atoms with van der Waals surface area (Å²) in [7, 11) is -0.760. The zero-order chi connectivity index (χ0) is 21.9. The third-order valence-corrected chi connectivity index (χ3v) is 7.21. The molecular formula is C21H20ClN3O3S2. The number of carbonyl (C=O) groups excluding carboxylic acids is 1. The topological polar surface area (TPSA) is 70.6 Å². The predicted molar refractivity (Wildman–Crippen MR) is 122 cm³/mol. The molecule has 0 fully saturated rings. The van der Waals surface area contributed by atoms with Gasteiger partial charge in [0.1, 0.15) is 0 Å². The van der Waals surface area contributed by atoms with Crippen LogP contribution >= 0.6 is 22.9 Å². The molecule has 0 saturated heterocycles. The lowest BCUT2D eigenvalue weighted by atomic mass is 10.2. The fourth-order valence-corrected chi connectivity index (χ4v) is 4.59. The summed E-state index contributed by atoms with van der Waals surface area (Å²) in [5.74, 6) is -0.359. The Kier molecular flexibility index (Phi) is 6.72. The molecule has 0 aliphatic carbocycles. The van der Waals surface area contributed by atoms with Crippen LogP contribution in [0.15, 0.2) is 71.5 Å². The van der Waals surface area contributed by atoms with Gasteiger partial charge in [-0.25, -0.2) is 17.7 Å². The van der Waals surface area contributed by atoms with Gasteiger partial charge in [0, 0.05) is 42.2 Å². The fourth-order valence-electron chi connectivity index (χ4n) is 2.67. The van der Waals surface area contributed by atoms with Crippen molar-refractivity contribution in [3.05, 3.63) is 77.2 Å². The molecule has 6 nitrogen and oxygen atoms in total. The van der Waals surface area contributed by atoms with Crippen LogP contribution in [0, 0.1) is 0 Å². The molecule has 0 aliphatic rings. The Morgan fingerprint density at radius 1 is 1.20 bits per heavy atom. The van der Waals surface area contributed by atoms with Crippen LogP contribution in [0.3, 0.4) is 0 Å². The fraction of sp³-hybridized carbons (Fsp3) is 0.143. The monoisotopic (exact) mass is 461 g/mol. The molecule has 3 rings (SSSR count). The molecule has 0 aliphatic heterocycles. The van der Waals surface area contributed by atoms with Gasteiger partial charge in [0.05, 0.1) is 10.6 Å². The molecule has 2 aromatic carbocycles. The minimum Gasteiger partial charge on any atom is -0.280 e. The maximum atomic E-state index is 13.2. The lowest BCUT2D eigenvalue weighted by Crippen LogP contribution is -2.31. The number of hydrogen-bond acceptors (Lipinski definition) is 5. The number of sulfonamides is 1. The van der Waals surface area contributed by atoms with Crippen molar-refractivity contribution in [3.63, 3.8) is 0 Å². The molecule has 0 saturated carbocycles. The van der Waals surface area contributed by atoms with Crippen LogP contribution in [0.5, 0.6) is 0 Å². The smallest absolute Gasteiger partial charge is 0.260 e. The molecule has 0 bridgehead atoms. The second kappa shape index (κ2) is 9.09. The lowest BCUT2D eigenvalue weighted by Gasteiger charge is -2.19. The molecule has 0 unspecified atom stereocenters. The first kappa shape index (κ1) is 22.2. The van der Waals surface area contributed by atoms with Crippen molar-refractivity contribution in [1.82, 2.24) is 9.29 Å². The number of halogens is 1. The number of thiazole rings is 1. The molecule has 156 valence electrons. The minimum atomic E-state index is -3.65. The summed E-state index contributed by atoms with van der Waals surface area (Å²) in [5.41, 5.74) is 1.85. The molecule has 30 heavy (non-hydrogen) atoms. The van der Waals surface area contributed by atoms with Crippen molar-refractivity contribution in [1.29, 1.82) is 0 Å². The van der Waals surface area contributed by atoms with Crippen LogP contribution in [0.4, 0.5) is 5.13 Å². The van der Waals surface area contributed by atoms with Crippen LogP contribution < -0.4 is 4.90 Å². The van der Waals surface area contributed by atoms with Crippen molar-refractivity contribution in [2.45, 2.75) is 4.90 Å². The van der Waals surface area contributed by atoms with Crippen LogP contribution in [0.2, 0.25) is 5.02 Å². The van der Waals surface area contributed by atoms with E-state index in [0.29, 0.717) is 10.2 Å². The van der Waals surface area contributed by atoms with E-state index < -0.39 is 10.0 Å². The van der Waals surface area contributed by atoms with Crippen molar-refractivity contribution in [3.8, 4) is 11.3 Å². The first-order valence-electron chi connectivity index (χ1n) is 8.91. The van der Waals surface area contributed by atoms with Gasteiger partial charge in [-0.2, -0.15) is 0 Å². The van der Waals surface area contributed by atoms with Gasteiger partial charge in [-0.15, -0.1) is 17.9 Å². The molecule has 1 aromatic heterocycles. The van der Waals surface area contributed by atoms with E-state index in [1.807, 2.05) is 17.5 Å². The van der Waals surface area contributed by atoms with E-state index in [0.717, 1.165) is 15.6 Å². The number of rotatable bonds is 7. The summed E-state index contributed by atoms with van der Waals surface area (Å²) in [4.78, 5) is 19.3. The van der Waals surface area contributed by atoms with Gasteiger partial charge in [-0.05, 0) is 30.3 Å². The number of amides is 1. The average molecular weight is 462 g/mol. The standard InChI is InChI=1S/C21H20ClN3O3S2/c1-4-12-25(21-23-19(14-29-21)15-8-10-17(22)11-9-15)20(26)16-6-5-7-18(13-16)30(27,28)24(2)3/h4-11,13-14H,1,12H2,2-3H3. The third kappa shape index (κ3) is 4.62. The van der Waals surface area contributed by atoms with Gasteiger partial charge >= 0.3 is 0 Å². The number of anilines is 1. The van der Waals surface area contributed by atoms with Gasteiger partial charge in [0.2, 0.25) is 10.0 Å². The molecule has 1 heterocycles. The maximum Gasteiger partial charge on any atom is 0.260 e. The summed E-state index contributed by atoms with van der Waals surface area (Å²) in [6.07, 6.45) is 1.60. The minimum absolute atomic E-state index is 0.0536. The Hall–Kier alpha value is -2.52. The van der Waals surface area contributed by atoms with Crippen molar-refractivity contribution < 1.29 is 13.2 Å². The van der Waals surface area contributed by atoms with Crippen molar-refractivity contribution in [2.75, 3.05) is 25.5 Å². The molecule has 9 heteroatoms. The normalized spacial score (nSPS) is 11.5. The van der Waals surface area contributed by atoms with Gasteiger partial charge in [0.15, 0.2) is 5.13 Å². The summed E-state index contributed by atoms with van der Waals surface area (Å²) >= 11 is 7.26. The highest BCUT2D eigenvalue weighted by Gasteiger charge is 2.23. The van der Waals surface area contributed by atoms with Gasteiger partial charge in [-0.3, -0.25) is 9.69 Å². The van der Waals surface area contributed by atoms with Crippen LogP contribution in [-0.4, -0.2) is 44.3 Å². The van der Waals surface area contributed by atoms with Crippen LogP contribution in [-0.2, 0) is 10.0 Å². The first-order chi connectivity index (χ1) is 14.2. The summed E-state index contributed by atoms with van der Waals surface area (Å²) in [6.45, 7) is 3.96. The quantitative estimate of drug-likeness (QED) is 0.484. The van der Waals surface area contributed by atoms with Crippen LogP contribution in [0.1, 0.15) is 10.4 Å². The van der Waals surface area contributed by atoms with E-state index in [4.69, 9.17) is 11.6 Å². The number of aromatic nitrogens is 1. The van der Waals surface area contributed by atoms with Gasteiger partial charge < -0.3 is 0 Å². The molecule has 1 amide bonds. The highest BCUT2D eigenvalue weighted by atomic mass is 35.5. The van der Waals surface area contributed by atoms with Crippen LogP contribution in [0.25, 0.3) is 11.3 Å². The van der Waals surface area contributed by atoms with Crippen molar-refractivity contribution >= 4 is 44.0 Å². The number of benzene rings is 2. The summed E-state index contributed by atoms with van der Waals surface area (Å²) < 4.78 is 26.0. The zero-order valence-corrected chi connectivity index (χ0v) is 18.8. The molecule has 0 atom stereocenters. The second-order valence-electron chi connectivity index (χ2n) is 6.54. The maximum absolute atomic E-state index is 13.2. The van der Waals surface area contributed by atoms with Gasteiger partial charge in [-0.1, -0.05) is 35.9 Å². The largest absolute Gasteiger partial charge is 0.280 e. The number of hydrogen-bond donors (Lipinski definition) is 0. The van der Waals surface area contributed by atoms with Gasteiger partial charge in [0.25, 0.3) is 5.91 Å². The van der Waals surface area contributed by atoms with E-state index in [-0.39, 0.29) is 22.9 Å². The van der Waals surface area contributed by atoms with E-state index in [1.165, 1.54) is 42.5 Å². The second-order valence-corrected chi connectivity index (χ2v) is 9.97. The Bertz CT molecular complexity index is 1170. The molecule has 3 aromatic rings. The summed E-state index contributed by atoms with van der Waals surface area (Å²) in [6, 6.07) is 13.2. The average Bonchev–Trinajstić information content (AvgIpc) is 3.22. The van der Waals surface area contributed by atoms with E-state index in [9.17, 15) is 13.2 Å². The molecule has 0 radical (unpaired) electrons. The Balaban J connectivity index is 1.95. The van der Waals surface area contributed by atoms with E-state index in [1.54, 1.807) is 30.3 Å². The lowest BCUT2D eigenvalue weighted by molar-refractivity contribution is 0.0989. The number of nitrogens with zero attached hydrogens (tertiary/aromatic N) is 3. The SMILES string of the molecule is C=CCN(C(=O)c1cccc(S(=O)(=O)N(C)C)c1)c1nc(-c2ccc(Cl)cc2)cs1. The van der Waals surface area contributed by atoms with E-state index in [2.05, 4.69) is 11.6 Å². The van der Waals surface area contributed by atoms with Crippen molar-refractivity contribution in [2.24, 2.45) is 0 Å². The summed E-state index contributed by atoms with van der Waals surface area (Å²) in [5, 5.41) is 2.98. The molecule has 0 N–H and O–H groups in total. The highest BCUT2D eigenvalue weighted by Crippen LogP contribution is 2.29. The Morgan fingerprint density at radius 2 is 1.90 bits per heavy atom. The highest BCUT2D eigenvalue weighted by molar-refractivity contribution is 7.89. The predicted octanol–water partition coefficient (Wildman–Crippen LogP) is 4.55. The number of carbonyl (C=O) groups is 1. The first-order valence-corrected chi connectivity index (χ1v) is 11.6. The molecular weight excluding hydrogens is 442 g/mol. The third-order valence-electron chi connectivity index (χ3n) is 4.28. The molecule has 0 spiro atoms. The zero-order valence-electron chi connectivity index (χ0n) is 16.4.